The summed E-state index contributed by atoms with van der Waals surface area (Å²) in [6, 6.07) is 0. The molecule has 1 aromatic rings. The summed E-state index contributed by atoms with van der Waals surface area (Å²) in [5, 5.41) is 16.7. The lowest BCUT2D eigenvalue weighted by Gasteiger charge is -2.34. The van der Waals surface area contributed by atoms with Crippen LogP contribution < -0.4 is 0 Å². The van der Waals surface area contributed by atoms with Crippen LogP contribution in [0.25, 0.3) is 0 Å². The van der Waals surface area contributed by atoms with Crippen molar-refractivity contribution in [2.24, 2.45) is 0 Å². The van der Waals surface area contributed by atoms with Gasteiger partial charge in [0.2, 0.25) is 0 Å². The predicted molar refractivity (Wildman–Crippen MR) is 80.6 cm³/mol. The van der Waals surface area contributed by atoms with Crippen molar-refractivity contribution in [2.45, 2.75) is 49.2 Å². The first kappa shape index (κ1) is 14.6. The molecule has 18 heavy (non-hydrogen) atoms. The van der Waals surface area contributed by atoms with E-state index in [1.165, 1.54) is 0 Å². The molecule has 4 atom stereocenters. The first-order valence-corrected chi connectivity index (χ1v) is 8.57. The highest BCUT2D eigenvalue weighted by molar-refractivity contribution is 8.07. The van der Waals surface area contributed by atoms with Crippen molar-refractivity contribution in [3.63, 3.8) is 0 Å². The number of nitrogens with zero attached hydrogens (tertiary/aromatic N) is 2. The van der Waals surface area contributed by atoms with Gasteiger partial charge in [-0.25, -0.2) is 0 Å². The van der Waals surface area contributed by atoms with Gasteiger partial charge in [0.15, 0.2) is 0 Å². The number of thioether (sulfide) groups is 2. The van der Waals surface area contributed by atoms with Crippen LogP contribution in [0.5, 0.6) is 0 Å². The number of hydrogen-bond donors (Lipinski definition) is 1. The maximum atomic E-state index is 10.6. The second kappa shape index (κ2) is 6.07. The van der Waals surface area contributed by atoms with Gasteiger partial charge in [-0.2, -0.15) is 28.6 Å². The Bertz CT molecular complexity index is 413. The topological polar surface area (TPSA) is 38.0 Å². The molecule has 102 valence electrons. The third-order valence-corrected chi connectivity index (χ3v) is 7.11. The lowest BCUT2D eigenvalue weighted by atomic mass is 10.2. The molecular formula is C12H19ClN2OS2. The molecule has 1 aliphatic rings. The molecule has 0 spiro atoms. The highest BCUT2D eigenvalue weighted by Crippen LogP contribution is 2.42. The second-order valence-electron chi connectivity index (χ2n) is 4.56. The third-order valence-electron chi connectivity index (χ3n) is 3.34. The Kier molecular flexibility index (Phi) is 4.92. The maximum absolute atomic E-state index is 10.6. The molecule has 1 fully saturated rings. The van der Waals surface area contributed by atoms with Gasteiger partial charge >= 0.3 is 0 Å². The summed E-state index contributed by atoms with van der Waals surface area (Å²) in [6.45, 7) is 7.21. The van der Waals surface area contributed by atoms with E-state index in [4.69, 9.17) is 11.6 Å². The minimum Gasteiger partial charge on any atom is -0.386 e. The summed E-state index contributed by atoms with van der Waals surface area (Å²) in [4.78, 5) is 0. The zero-order chi connectivity index (χ0) is 13.3. The Labute approximate surface area is 122 Å². The number of aromatic nitrogens is 2. The number of halogens is 1. The largest absolute Gasteiger partial charge is 0.386 e. The van der Waals surface area contributed by atoms with Gasteiger partial charge in [-0.1, -0.05) is 25.4 Å². The highest BCUT2D eigenvalue weighted by atomic mass is 35.5. The summed E-state index contributed by atoms with van der Waals surface area (Å²) < 4.78 is 1.79. The van der Waals surface area contributed by atoms with E-state index >= 15 is 0 Å². The lowest BCUT2D eigenvalue weighted by Crippen LogP contribution is -2.31. The number of rotatable bonds is 3. The molecule has 0 amide bonds. The molecule has 0 aromatic carbocycles. The van der Waals surface area contributed by atoms with Crippen LogP contribution in [0.4, 0.5) is 0 Å². The minimum absolute atomic E-state index is 0.195. The number of aryl methyl sites for hydroxylation is 1. The normalized spacial score (nSPS) is 30.4. The average Bonchev–Trinajstić information content (AvgIpc) is 2.73. The smallest absolute Gasteiger partial charge is 0.110 e. The molecule has 1 saturated heterocycles. The Hall–Kier alpha value is 0.160. The van der Waals surface area contributed by atoms with Gasteiger partial charge in [0.1, 0.15) is 6.10 Å². The fourth-order valence-electron chi connectivity index (χ4n) is 2.07. The van der Waals surface area contributed by atoms with Crippen molar-refractivity contribution in [2.75, 3.05) is 5.75 Å². The van der Waals surface area contributed by atoms with Crippen molar-refractivity contribution in [1.29, 1.82) is 0 Å². The van der Waals surface area contributed by atoms with Crippen molar-refractivity contribution in [1.82, 2.24) is 9.78 Å². The van der Waals surface area contributed by atoms with Crippen LogP contribution in [0, 0.1) is 0 Å². The van der Waals surface area contributed by atoms with Crippen LogP contribution in [0.1, 0.15) is 32.6 Å². The minimum atomic E-state index is -0.535. The SMILES string of the molecule is CCn1ncc(Cl)c1C(O)C1CSC(C)C(C)S1. The van der Waals surface area contributed by atoms with E-state index in [1.807, 2.05) is 30.4 Å². The first-order chi connectivity index (χ1) is 8.54. The number of hydrogen-bond acceptors (Lipinski definition) is 4. The molecule has 2 heterocycles. The van der Waals surface area contributed by atoms with Crippen LogP contribution >= 0.6 is 35.1 Å². The molecule has 0 radical (unpaired) electrons. The van der Waals surface area contributed by atoms with Crippen LogP contribution in [0.3, 0.4) is 0 Å². The third kappa shape index (κ3) is 2.84. The average molecular weight is 307 g/mol. The molecule has 0 bridgehead atoms. The number of aliphatic hydroxyl groups excluding tert-OH is 1. The molecule has 3 nitrogen and oxygen atoms in total. The summed E-state index contributed by atoms with van der Waals surface area (Å²) in [6.07, 6.45) is 1.09. The Morgan fingerprint density at radius 3 is 2.89 bits per heavy atom. The van der Waals surface area contributed by atoms with Crippen molar-refractivity contribution in [3.05, 3.63) is 16.9 Å². The monoisotopic (exact) mass is 306 g/mol. The van der Waals surface area contributed by atoms with Gasteiger partial charge in [-0.05, 0) is 6.92 Å². The van der Waals surface area contributed by atoms with Gasteiger partial charge in [-0.3, -0.25) is 4.68 Å². The lowest BCUT2D eigenvalue weighted by molar-refractivity contribution is 0.169. The van der Waals surface area contributed by atoms with Gasteiger partial charge in [-0.15, -0.1) is 0 Å². The molecule has 0 saturated carbocycles. The first-order valence-electron chi connectivity index (χ1n) is 6.21. The molecule has 0 aliphatic carbocycles. The quantitative estimate of drug-likeness (QED) is 0.930. The Morgan fingerprint density at radius 1 is 1.56 bits per heavy atom. The fraction of sp³-hybridized carbons (Fsp3) is 0.750. The van der Waals surface area contributed by atoms with Crippen LogP contribution in [0.15, 0.2) is 6.20 Å². The van der Waals surface area contributed by atoms with E-state index < -0.39 is 6.10 Å². The molecular weight excluding hydrogens is 288 g/mol. The molecule has 1 N–H and O–H groups in total. The van der Waals surface area contributed by atoms with E-state index in [9.17, 15) is 5.11 Å². The summed E-state index contributed by atoms with van der Waals surface area (Å²) in [5.74, 6) is 0.961. The van der Waals surface area contributed by atoms with E-state index in [1.54, 1.807) is 10.9 Å². The van der Waals surface area contributed by atoms with Crippen molar-refractivity contribution < 1.29 is 5.11 Å². The predicted octanol–water partition coefficient (Wildman–Crippen LogP) is 3.22. The Morgan fingerprint density at radius 2 is 2.28 bits per heavy atom. The van der Waals surface area contributed by atoms with Crippen LogP contribution in [-0.4, -0.2) is 36.4 Å². The van der Waals surface area contributed by atoms with E-state index in [2.05, 4.69) is 18.9 Å². The van der Waals surface area contributed by atoms with E-state index in [0.717, 1.165) is 18.0 Å². The zero-order valence-corrected chi connectivity index (χ0v) is 13.2. The van der Waals surface area contributed by atoms with Crippen molar-refractivity contribution in [3.8, 4) is 0 Å². The van der Waals surface area contributed by atoms with Gasteiger partial charge in [0, 0.05) is 28.0 Å². The van der Waals surface area contributed by atoms with Crippen molar-refractivity contribution >= 4 is 35.1 Å². The van der Waals surface area contributed by atoms with E-state index in [0.29, 0.717) is 15.5 Å². The molecule has 1 aliphatic heterocycles. The van der Waals surface area contributed by atoms with Crippen LogP contribution in [0.2, 0.25) is 5.02 Å². The maximum Gasteiger partial charge on any atom is 0.110 e. The van der Waals surface area contributed by atoms with E-state index in [-0.39, 0.29) is 5.25 Å². The zero-order valence-electron chi connectivity index (χ0n) is 10.8. The fourth-order valence-corrected chi connectivity index (χ4v) is 5.30. The van der Waals surface area contributed by atoms with Gasteiger partial charge in [0.25, 0.3) is 0 Å². The molecule has 4 unspecified atom stereocenters. The summed E-state index contributed by atoms with van der Waals surface area (Å²) >= 11 is 9.93. The highest BCUT2D eigenvalue weighted by Gasteiger charge is 2.33. The molecule has 1 aromatic heterocycles. The Balaban J connectivity index is 2.16. The van der Waals surface area contributed by atoms with Crippen LogP contribution in [-0.2, 0) is 6.54 Å². The van der Waals surface area contributed by atoms with Gasteiger partial charge < -0.3 is 5.11 Å². The summed E-state index contributed by atoms with van der Waals surface area (Å²) in [5.41, 5.74) is 0.763. The molecule has 6 heteroatoms. The van der Waals surface area contributed by atoms with Gasteiger partial charge in [0.05, 0.1) is 16.9 Å². The number of aliphatic hydroxyl groups is 1. The second-order valence-corrected chi connectivity index (χ2v) is 8.00. The summed E-state index contributed by atoms with van der Waals surface area (Å²) in [7, 11) is 0. The standard InChI is InChI=1S/C12H19ClN2OS2/c1-4-15-11(9(13)5-14-15)12(16)10-6-17-7(2)8(3)18-10/h5,7-8,10,12,16H,4,6H2,1-3H3. The molecule has 2 rings (SSSR count).